The van der Waals surface area contributed by atoms with E-state index in [2.05, 4.69) is 83.1 Å². The molecule has 2 N–H and O–H groups in total. The third kappa shape index (κ3) is 11.9. The molecule has 0 fully saturated rings. The lowest BCUT2D eigenvalue weighted by molar-refractivity contribution is -0.142. The number of benzene rings is 4. The number of hydrogen-bond donors (Lipinski definition) is 2. The van der Waals surface area contributed by atoms with E-state index in [-0.39, 0.29) is 38.5 Å². The maximum Gasteiger partial charge on any atom is 0.416 e. The van der Waals surface area contributed by atoms with Crippen LogP contribution in [0.25, 0.3) is 0 Å². The average Bonchev–Trinajstić information content (AvgIpc) is 3.19. The highest BCUT2D eigenvalue weighted by Gasteiger charge is 2.36. The smallest absolute Gasteiger partial charge is 0.416 e. The second kappa shape index (κ2) is 19.9. The molecule has 0 saturated carbocycles. The van der Waals surface area contributed by atoms with Crippen LogP contribution in [0.1, 0.15) is 52.0 Å². The Morgan fingerprint density at radius 1 is 0.782 bits per heavy atom. The number of halogens is 3. The van der Waals surface area contributed by atoms with Crippen molar-refractivity contribution < 1.29 is 32.6 Å². The van der Waals surface area contributed by atoms with Crippen LogP contribution in [0.15, 0.2) is 146 Å². The van der Waals surface area contributed by atoms with E-state index < -0.39 is 28.6 Å². The topological polar surface area (TPSA) is 91.8 Å². The highest BCUT2D eigenvalue weighted by atomic mass is 32.2. The van der Waals surface area contributed by atoms with Crippen molar-refractivity contribution in [3.63, 3.8) is 0 Å². The van der Waals surface area contributed by atoms with Crippen LogP contribution >= 0.6 is 11.8 Å². The number of alkyl halides is 3. The summed E-state index contributed by atoms with van der Waals surface area (Å²) in [6.45, 7) is 0.422. The van der Waals surface area contributed by atoms with Crippen molar-refractivity contribution in [1.82, 2.24) is 15.2 Å². The SMILES string of the molecule is COC(=O)CN(Cc1ccc(C(F)(F)F)cc1)Cc1cccc(CNC(=O)CC(O)C=CCCSC(c2ccccc2)(c2ccccc2)c2ccccc2)n1. The van der Waals surface area contributed by atoms with Gasteiger partial charge in [0.15, 0.2) is 0 Å². The zero-order valence-corrected chi connectivity index (χ0v) is 31.3. The van der Waals surface area contributed by atoms with Crippen molar-refractivity contribution >= 4 is 23.6 Å². The summed E-state index contributed by atoms with van der Waals surface area (Å²) in [6, 6.07) is 41.4. The van der Waals surface area contributed by atoms with Crippen LogP contribution in [0.4, 0.5) is 13.2 Å². The van der Waals surface area contributed by atoms with Gasteiger partial charge in [0, 0.05) is 13.1 Å². The third-order valence-corrected chi connectivity index (χ3v) is 10.5. The number of esters is 1. The Balaban J connectivity index is 1.14. The minimum absolute atomic E-state index is 0.0990. The quantitative estimate of drug-likeness (QED) is 0.0401. The molecule has 0 spiro atoms. The minimum Gasteiger partial charge on any atom is -0.468 e. The molecular weight excluding hydrogens is 724 g/mol. The van der Waals surface area contributed by atoms with Crippen LogP contribution in [0.2, 0.25) is 0 Å². The van der Waals surface area contributed by atoms with Crippen LogP contribution in [0, 0.1) is 0 Å². The summed E-state index contributed by atoms with van der Waals surface area (Å²) < 4.78 is 43.4. The fraction of sp³-hybridized carbons (Fsp3) is 0.250. The molecule has 0 aliphatic carbocycles. The van der Waals surface area contributed by atoms with E-state index in [0.29, 0.717) is 23.4 Å². The first-order valence-corrected chi connectivity index (χ1v) is 18.9. The van der Waals surface area contributed by atoms with Gasteiger partial charge in [-0.05, 0) is 58.7 Å². The number of methoxy groups -OCH3 is 1. The Bertz CT molecular complexity index is 1880. The number of thioether (sulfide) groups is 1. The van der Waals surface area contributed by atoms with E-state index in [0.717, 1.165) is 17.9 Å². The number of allylic oxidation sites excluding steroid dienone is 1. The van der Waals surface area contributed by atoms with Gasteiger partial charge in [0.1, 0.15) is 0 Å². The predicted molar refractivity (Wildman–Crippen MR) is 210 cm³/mol. The zero-order valence-electron chi connectivity index (χ0n) is 30.5. The third-order valence-electron chi connectivity index (χ3n) is 8.88. The first-order chi connectivity index (χ1) is 26.6. The normalized spacial score (nSPS) is 12.5. The summed E-state index contributed by atoms with van der Waals surface area (Å²) in [4.78, 5) is 31.2. The standard InChI is InChI=1S/C44H44F3N3O4S/c1-54-42(53)32-50(30-33-23-25-37(26-24-33)44(45,46)47)31-39-21-13-20-38(49-39)29-48-41(52)28-40(51)22-11-12-27-55-43(34-14-5-2-6-15-34,35-16-7-3-8-17-35)36-18-9-4-10-19-36/h2-11,13-26,40,51H,12,27-32H2,1H3,(H,48,52). The van der Waals surface area contributed by atoms with E-state index in [1.54, 1.807) is 29.2 Å². The Labute approximate surface area is 324 Å². The van der Waals surface area contributed by atoms with Crippen LogP contribution in [-0.2, 0) is 44.9 Å². The summed E-state index contributed by atoms with van der Waals surface area (Å²) in [5, 5.41) is 13.5. The van der Waals surface area contributed by atoms with Crippen LogP contribution in [0.3, 0.4) is 0 Å². The van der Waals surface area contributed by atoms with Crippen molar-refractivity contribution in [1.29, 1.82) is 0 Å². The average molecular weight is 768 g/mol. The van der Waals surface area contributed by atoms with Crippen molar-refractivity contribution in [3.05, 3.63) is 185 Å². The van der Waals surface area contributed by atoms with Crippen LogP contribution in [-0.4, -0.2) is 52.4 Å². The number of carbonyl (C=O) groups is 2. The van der Waals surface area contributed by atoms with Gasteiger partial charge in [-0.1, -0.05) is 121 Å². The van der Waals surface area contributed by atoms with Crippen LogP contribution < -0.4 is 5.32 Å². The van der Waals surface area contributed by atoms with Gasteiger partial charge < -0.3 is 15.2 Å². The molecule has 4 aromatic carbocycles. The van der Waals surface area contributed by atoms with Gasteiger partial charge in [0.2, 0.25) is 5.91 Å². The number of rotatable bonds is 18. The number of aromatic nitrogens is 1. The maximum absolute atomic E-state index is 13.0. The molecule has 0 aliphatic heterocycles. The summed E-state index contributed by atoms with van der Waals surface area (Å²) >= 11 is 1.83. The molecule has 1 unspecified atom stereocenters. The largest absolute Gasteiger partial charge is 0.468 e. The molecule has 0 saturated heterocycles. The number of carbonyl (C=O) groups excluding carboxylic acids is 2. The fourth-order valence-electron chi connectivity index (χ4n) is 6.24. The predicted octanol–water partition coefficient (Wildman–Crippen LogP) is 8.31. The monoisotopic (exact) mass is 767 g/mol. The molecule has 286 valence electrons. The van der Waals surface area contributed by atoms with Gasteiger partial charge in [-0.15, -0.1) is 11.8 Å². The van der Waals surface area contributed by atoms with Gasteiger partial charge in [0.05, 0.1) is 54.4 Å². The zero-order chi connectivity index (χ0) is 39.1. The van der Waals surface area contributed by atoms with Gasteiger partial charge in [0.25, 0.3) is 0 Å². The van der Waals surface area contributed by atoms with Crippen molar-refractivity contribution in [2.75, 3.05) is 19.4 Å². The highest BCUT2D eigenvalue weighted by molar-refractivity contribution is 8.00. The lowest BCUT2D eigenvalue weighted by Gasteiger charge is -2.35. The fourth-order valence-corrected chi connectivity index (χ4v) is 7.71. The number of amides is 1. The summed E-state index contributed by atoms with van der Waals surface area (Å²) in [7, 11) is 1.27. The Morgan fingerprint density at radius 2 is 1.35 bits per heavy atom. The molecule has 0 radical (unpaired) electrons. The molecule has 1 aromatic heterocycles. The number of ether oxygens (including phenoxy) is 1. The molecule has 5 aromatic rings. The minimum atomic E-state index is -4.44. The maximum atomic E-state index is 13.0. The Hall–Kier alpha value is -5.23. The van der Waals surface area contributed by atoms with E-state index in [9.17, 15) is 27.9 Å². The van der Waals surface area contributed by atoms with E-state index in [4.69, 9.17) is 4.74 Å². The van der Waals surface area contributed by atoms with Gasteiger partial charge in [-0.2, -0.15) is 13.2 Å². The lowest BCUT2D eigenvalue weighted by atomic mass is 9.84. The summed E-state index contributed by atoms with van der Waals surface area (Å²) in [5.74, 6) is -0.0803. The number of hydrogen-bond acceptors (Lipinski definition) is 7. The molecule has 1 heterocycles. The van der Waals surface area contributed by atoms with Crippen molar-refractivity contribution in [3.8, 4) is 0 Å². The van der Waals surface area contributed by atoms with Gasteiger partial charge >= 0.3 is 12.1 Å². The molecular formula is C44H44F3N3O4S. The second-order valence-corrected chi connectivity index (χ2v) is 14.2. The number of aliphatic hydroxyl groups is 1. The number of pyridine rings is 1. The first kappa shape index (κ1) is 40.9. The highest BCUT2D eigenvalue weighted by Crippen LogP contribution is 2.48. The number of aliphatic hydroxyl groups excluding tert-OH is 1. The summed E-state index contributed by atoms with van der Waals surface area (Å²) in [6.07, 6.45) is -1.29. The number of nitrogens with one attached hydrogen (secondary N) is 1. The van der Waals surface area contributed by atoms with E-state index in [1.807, 2.05) is 36.0 Å². The molecule has 11 heteroatoms. The van der Waals surface area contributed by atoms with Crippen LogP contribution in [0.5, 0.6) is 0 Å². The van der Waals surface area contributed by atoms with Gasteiger partial charge in [-0.3, -0.25) is 19.5 Å². The molecule has 55 heavy (non-hydrogen) atoms. The molecule has 5 rings (SSSR count). The molecule has 1 atom stereocenters. The lowest BCUT2D eigenvalue weighted by Crippen LogP contribution is -2.30. The Kier molecular flexibility index (Phi) is 14.8. The van der Waals surface area contributed by atoms with E-state index in [1.165, 1.54) is 35.9 Å². The molecule has 1 amide bonds. The molecule has 7 nitrogen and oxygen atoms in total. The van der Waals surface area contributed by atoms with Crippen molar-refractivity contribution in [2.45, 2.75) is 49.5 Å². The summed E-state index contributed by atoms with van der Waals surface area (Å²) in [5.41, 5.74) is 4.53. The molecule has 0 bridgehead atoms. The first-order valence-electron chi connectivity index (χ1n) is 17.9. The number of nitrogens with zero attached hydrogens (tertiary/aromatic N) is 2. The second-order valence-electron chi connectivity index (χ2n) is 12.9. The van der Waals surface area contributed by atoms with Crippen molar-refractivity contribution in [2.24, 2.45) is 0 Å². The molecule has 0 aliphatic rings. The Morgan fingerprint density at radius 3 is 1.89 bits per heavy atom. The van der Waals surface area contributed by atoms with Gasteiger partial charge in [-0.25, -0.2) is 0 Å². The van der Waals surface area contributed by atoms with E-state index >= 15 is 0 Å².